The summed E-state index contributed by atoms with van der Waals surface area (Å²) in [5.74, 6) is 0.0953. The first kappa shape index (κ1) is 16.4. The first-order chi connectivity index (χ1) is 10.7. The van der Waals surface area contributed by atoms with E-state index in [0.29, 0.717) is 0 Å². The van der Waals surface area contributed by atoms with Crippen LogP contribution in [0, 0.1) is 0 Å². The molecule has 0 aliphatic heterocycles. The van der Waals surface area contributed by atoms with Crippen LogP contribution in [0.15, 0.2) is 42.6 Å². The first-order valence-electron chi connectivity index (χ1n) is 8.27. The lowest BCUT2D eigenvalue weighted by molar-refractivity contribution is 0.101. The second-order valence-corrected chi connectivity index (χ2v) is 5.85. The highest BCUT2D eigenvalue weighted by atomic mass is 16.1. The van der Waals surface area contributed by atoms with Crippen LogP contribution in [0.1, 0.15) is 61.9 Å². The fourth-order valence-corrected chi connectivity index (χ4v) is 2.55. The summed E-state index contributed by atoms with van der Waals surface area (Å²) in [7, 11) is 0. The van der Waals surface area contributed by atoms with Crippen molar-refractivity contribution in [1.29, 1.82) is 0 Å². The second-order valence-electron chi connectivity index (χ2n) is 5.85. The van der Waals surface area contributed by atoms with Gasteiger partial charge in [-0.25, -0.2) is 0 Å². The van der Waals surface area contributed by atoms with Gasteiger partial charge in [0.2, 0.25) is 0 Å². The van der Waals surface area contributed by atoms with Crippen molar-refractivity contribution in [3.63, 3.8) is 0 Å². The van der Waals surface area contributed by atoms with Crippen molar-refractivity contribution < 1.29 is 4.79 Å². The Morgan fingerprint density at radius 2 is 1.68 bits per heavy atom. The number of pyridine rings is 1. The third kappa shape index (κ3) is 4.80. The minimum atomic E-state index is 0.0953. The van der Waals surface area contributed by atoms with Crippen LogP contribution in [0.2, 0.25) is 0 Å². The van der Waals surface area contributed by atoms with Gasteiger partial charge in [-0.2, -0.15) is 0 Å². The molecule has 2 rings (SSSR count). The number of benzene rings is 1. The Morgan fingerprint density at radius 1 is 0.955 bits per heavy atom. The molecule has 0 N–H and O–H groups in total. The summed E-state index contributed by atoms with van der Waals surface area (Å²) in [5.41, 5.74) is 4.07. The standard InChI is InChI=1S/C20H25NO/c1-3-4-5-6-7-8-17-9-14-20(21-15-17)19-12-10-18(11-13-19)16(2)22/h9-15H,3-8H2,1-2H3. The molecule has 1 aromatic carbocycles. The van der Waals surface area contributed by atoms with E-state index < -0.39 is 0 Å². The average molecular weight is 295 g/mol. The third-order valence-electron chi connectivity index (χ3n) is 3.98. The van der Waals surface area contributed by atoms with Crippen LogP contribution in [0.5, 0.6) is 0 Å². The summed E-state index contributed by atoms with van der Waals surface area (Å²) in [4.78, 5) is 15.8. The van der Waals surface area contributed by atoms with Gasteiger partial charge in [-0.3, -0.25) is 9.78 Å². The number of hydrogen-bond donors (Lipinski definition) is 0. The minimum Gasteiger partial charge on any atom is -0.295 e. The Balaban J connectivity index is 1.92. The SMILES string of the molecule is CCCCCCCc1ccc(-c2ccc(C(C)=O)cc2)nc1. The summed E-state index contributed by atoms with van der Waals surface area (Å²) < 4.78 is 0. The van der Waals surface area contributed by atoms with E-state index in [9.17, 15) is 4.79 Å². The van der Waals surface area contributed by atoms with Gasteiger partial charge in [-0.1, -0.05) is 62.9 Å². The Morgan fingerprint density at radius 3 is 2.27 bits per heavy atom. The highest BCUT2D eigenvalue weighted by molar-refractivity contribution is 5.94. The van der Waals surface area contributed by atoms with Crippen molar-refractivity contribution in [2.75, 3.05) is 0 Å². The average Bonchev–Trinajstić information content (AvgIpc) is 2.55. The van der Waals surface area contributed by atoms with Crippen molar-refractivity contribution in [2.45, 2.75) is 52.4 Å². The van der Waals surface area contributed by atoms with Gasteiger partial charge in [-0.15, -0.1) is 0 Å². The number of carbonyl (C=O) groups is 1. The van der Waals surface area contributed by atoms with Crippen LogP contribution in [0.25, 0.3) is 11.3 Å². The Labute approximate surface area is 133 Å². The van der Waals surface area contributed by atoms with Gasteiger partial charge in [-0.05, 0) is 31.4 Å². The Hall–Kier alpha value is -1.96. The van der Waals surface area contributed by atoms with Gasteiger partial charge < -0.3 is 0 Å². The van der Waals surface area contributed by atoms with E-state index in [4.69, 9.17) is 0 Å². The molecule has 0 radical (unpaired) electrons. The highest BCUT2D eigenvalue weighted by Gasteiger charge is 2.02. The highest BCUT2D eigenvalue weighted by Crippen LogP contribution is 2.19. The molecule has 1 heterocycles. The van der Waals surface area contributed by atoms with Crippen molar-refractivity contribution in [3.05, 3.63) is 53.7 Å². The molecule has 2 heteroatoms. The fourth-order valence-electron chi connectivity index (χ4n) is 2.55. The summed E-state index contributed by atoms with van der Waals surface area (Å²) >= 11 is 0. The van der Waals surface area contributed by atoms with E-state index in [-0.39, 0.29) is 5.78 Å². The van der Waals surface area contributed by atoms with Crippen molar-refractivity contribution >= 4 is 5.78 Å². The molecule has 0 spiro atoms. The van der Waals surface area contributed by atoms with E-state index in [1.807, 2.05) is 30.5 Å². The lowest BCUT2D eigenvalue weighted by Gasteiger charge is -2.05. The Kier molecular flexibility index (Phi) is 6.32. The van der Waals surface area contributed by atoms with Gasteiger partial charge in [0.1, 0.15) is 0 Å². The number of carbonyl (C=O) groups excluding carboxylic acids is 1. The molecular formula is C20H25NO. The maximum absolute atomic E-state index is 11.3. The number of aromatic nitrogens is 1. The number of nitrogens with zero attached hydrogens (tertiary/aromatic N) is 1. The van der Waals surface area contributed by atoms with Gasteiger partial charge in [0.15, 0.2) is 5.78 Å². The molecule has 0 aliphatic carbocycles. The van der Waals surface area contributed by atoms with Crippen LogP contribution in [0.4, 0.5) is 0 Å². The summed E-state index contributed by atoms with van der Waals surface area (Å²) in [6, 6.07) is 11.9. The van der Waals surface area contributed by atoms with E-state index in [1.54, 1.807) is 6.92 Å². The number of rotatable bonds is 8. The fraction of sp³-hybridized carbons (Fsp3) is 0.400. The third-order valence-corrected chi connectivity index (χ3v) is 3.98. The lowest BCUT2D eigenvalue weighted by atomic mass is 10.0. The van der Waals surface area contributed by atoms with E-state index in [1.165, 1.54) is 37.7 Å². The van der Waals surface area contributed by atoms with Crippen molar-refractivity contribution in [2.24, 2.45) is 0 Å². The first-order valence-corrected chi connectivity index (χ1v) is 8.27. The zero-order chi connectivity index (χ0) is 15.8. The van der Waals surface area contributed by atoms with E-state index in [2.05, 4.69) is 24.0 Å². The molecule has 0 bridgehead atoms. The molecule has 0 saturated carbocycles. The minimum absolute atomic E-state index is 0.0953. The summed E-state index contributed by atoms with van der Waals surface area (Å²) in [6.45, 7) is 3.83. The number of aryl methyl sites for hydroxylation is 1. The zero-order valence-electron chi connectivity index (χ0n) is 13.6. The van der Waals surface area contributed by atoms with Crippen molar-refractivity contribution in [1.82, 2.24) is 4.98 Å². The van der Waals surface area contributed by atoms with Crippen LogP contribution in [0.3, 0.4) is 0 Å². The quantitative estimate of drug-likeness (QED) is 0.478. The molecule has 2 aromatic rings. The molecule has 116 valence electrons. The largest absolute Gasteiger partial charge is 0.295 e. The van der Waals surface area contributed by atoms with Crippen LogP contribution >= 0.6 is 0 Å². The molecule has 22 heavy (non-hydrogen) atoms. The van der Waals surface area contributed by atoms with E-state index in [0.717, 1.165) is 23.2 Å². The van der Waals surface area contributed by atoms with Crippen LogP contribution in [-0.2, 0) is 6.42 Å². The summed E-state index contributed by atoms with van der Waals surface area (Å²) in [6.07, 6.45) is 9.61. The van der Waals surface area contributed by atoms with Gasteiger partial charge in [0, 0.05) is 17.3 Å². The molecule has 0 fully saturated rings. The molecular weight excluding hydrogens is 270 g/mol. The smallest absolute Gasteiger partial charge is 0.159 e. The second kappa shape index (κ2) is 8.47. The van der Waals surface area contributed by atoms with E-state index >= 15 is 0 Å². The molecule has 0 unspecified atom stereocenters. The number of Topliss-reactive ketones (excluding diaryl/α,β-unsaturated/α-hetero) is 1. The number of hydrogen-bond acceptors (Lipinski definition) is 2. The van der Waals surface area contributed by atoms with Gasteiger partial charge >= 0.3 is 0 Å². The monoisotopic (exact) mass is 295 g/mol. The lowest BCUT2D eigenvalue weighted by Crippen LogP contribution is -1.92. The predicted octanol–water partition coefficient (Wildman–Crippen LogP) is 5.46. The normalized spacial score (nSPS) is 10.6. The molecule has 0 saturated heterocycles. The number of unbranched alkanes of at least 4 members (excludes halogenated alkanes) is 4. The maximum Gasteiger partial charge on any atom is 0.159 e. The molecule has 0 amide bonds. The molecule has 0 atom stereocenters. The summed E-state index contributed by atoms with van der Waals surface area (Å²) in [5, 5.41) is 0. The van der Waals surface area contributed by atoms with Crippen LogP contribution in [-0.4, -0.2) is 10.8 Å². The predicted molar refractivity (Wildman–Crippen MR) is 92.1 cm³/mol. The van der Waals surface area contributed by atoms with Gasteiger partial charge in [0.25, 0.3) is 0 Å². The Bertz CT molecular complexity index is 584. The maximum atomic E-state index is 11.3. The zero-order valence-corrected chi connectivity index (χ0v) is 13.6. The topological polar surface area (TPSA) is 30.0 Å². The number of ketones is 1. The molecule has 1 aromatic heterocycles. The van der Waals surface area contributed by atoms with Gasteiger partial charge in [0.05, 0.1) is 5.69 Å². The molecule has 0 aliphatic rings. The van der Waals surface area contributed by atoms with Crippen LogP contribution < -0.4 is 0 Å². The molecule has 2 nitrogen and oxygen atoms in total. The van der Waals surface area contributed by atoms with Crippen molar-refractivity contribution in [3.8, 4) is 11.3 Å².